The van der Waals surface area contributed by atoms with Crippen LogP contribution in [0.15, 0.2) is 31.0 Å². The summed E-state index contributed by atoms with van der Waals surface area (Å²) in [5.74, 6) is 0.0120. The lowest BCUT2D eigenvalue weighted by Gasteiger charge is -2.03. The van der Waals surface area contributed by atoms with Crippen LogP contribution in [0.1, 0.15) is 18.5 Å². The van der Waals surface area contributed by atoms with Gasteiger partial charge < -0.3 is 10.6 Å². The van der Waals surface area contributed by atoms with Crippen LogP contribution in [0, 0.1) is 0 Å². The standard InChI is InChI=1S/C13H16N6O/c20-13(18-10-1-2-10)8-19-7-12(6-17-19)15-5-11-3-4-14-9-16-11/h3-4,6-7,9-10,15H,1-2,5,8H2,(H,18,20). The lowest BCUT2D eigenvalue weighted by molar-refractivity contribution is -0.122. The van der Waals surface area contributed by atoms with Crippen molar-refractivity contribution >= 4 is 11.6 Å². The van der Waals surface area contributed by atoms with Gasteiger partial charge in [0.25, 0.3) is 0 Å². The highest BCUT2D eigenvalue weighted by Crippen LogP contribution is 2.18. The molecule has 0 bridgehead atoms. The molecule has 0 aliphatic heterocycles. The van der Waals surface area contributed by atoms with E-state index in [4.69, 9.17) is 0 Å². The molecule has 0 unspecified atom stereocenters. The highest BCUT2D eigenvalue weighted by atomic mass is 16.2. The maximum atomic E-state index is 11.6. The van der Waals surface area contributed by atoms with E-state index in [2.05, 4.69) is 25.7 Å². The van der Waals surface area contributed by atoms with Crippen LogP contribution in [0.3, 0.4) is 0 Å². The van der Waals surface area contributed by atoms with Gasteiger partial charge in [-0.25, -0.2) is 9.97 Å². The van der Waals surface area contributed by atoms with Crippen molar-refractivity contribution in [1.29, 1.82) is 0 Å². The molecule has 7 heteroatoms. The Morgan fingerprint density at radius 2 is 2.35 bits per heavy atom. The molecule has 1 amide bonds. The molecule has 1 aliphatic rings. The van der Waals surface area contributed by atoms with Gasteiger partial charge in [-0.3, -0.25) is 9.48 Å². The van der Waals surface area contributed by atoms with Gasteiger partial charge in [-0.05, 0) is 18.9 Å². The average Bonchev–Trinajstić information content (AvgIpc) is 3.15. The maximum absolute atomic E-state index is 11.6. The topological polar surface area (TPSA) is 84.7 Å². The third kappa shape index (κ3) is 3.53. The molecule has 0 aromatic carbocycles. The van der Waals surface area contributed by atoms with E-state index >= 15 is 0 Å². The maximum Gasteiger partial charge on any atom is 0.241 e. The smallest absolute Gasteiger partial charge is 0.241 e. The zero-order valence-electron chi connectivity index (χ0n) is 11.0. The van der Waals surface area contributed by atoms with Crippen LogP contribution in [-0.2, 0) is 17.9 Å². The minimum absolute atomic E-state index is 0.0120. The number of amides is 1. The molecule has 0 radical (unpaired) electrons. The van der Waals surface area contributed by atoms with E-state index in [9.17, 15) is 4.79 Å². The summed E-state index contributed by atoms with van der Waals surface area (Å²) in [5, 5.41) is 10.3. The Balaban J connectivity index is 1.49. The highest BCUT2D eigenvalue weighted by molar-refractivity contribution is 5.76. The Morgan fingerprint density at radius 3 is 3.10 bits per heavy atom. The molecule has 0 spiro atoms. The van der Waals surface area contributed by atoms with E-state index in [0.29, 0.717) is 12.6 Å². The number of hydrogen-bond donors (Lipinski definition) is 2. The first kappa shape index (κ1) is 12.6. The van der Waals surface area contributed by atoms with Crippen molar-refractivity contribution in [3.8, 4) is 0 Å². The first-order valence-electron chi connectivity index (χ1n) is 6.60. The Morgan fingerprint density at radius 1 is 1.45 bits per heavy atom. The zero-order valence-corrected chi connectivity index (χ0v) is 11.0. The number of nitrogens with one attached hydrogen (secondary N) is 2. The Labute approximate surface area is 116 Å². The van der Waals surface area contributed by atoms with Crippen molar-refractivity contribution in [2.45, 2.75) is 32.0 Å². The minimum Gasteiger partial charge on any atom is -0.377 e. The molecule has 1 aliphatic carbocycles. The number of aromatic nitrogens is 4. The molecule has 3 rings (SSSR count). The van der Waals surface area contributed by atoms with E-state index in [0.717, 1.165) is 24.2 Å². The molecule has 2 aromatic heterocycles. The number of nitrogens with zero attached hydrogens (tertiary/aromatic N) is 4. The molecule has 1 fully saturated rings. The Kier molecular flexibility index (Phi) is 3.58. The van der Waals surface area contributed by atoms with Crippen molar-refractivity contribution < 1.29 is 4.79 Å². The Hall–Kier alpha value is -2.44. The molecule has 104 valence electrons. The summed E-state index contributed by atoms with van der Waals surface area (Å²) >= 11 is 0. The van der Waals surface area contributed by atoms with E-state index in [1.54, 1.807) is 17.1 Å². The quantitative estimate of drug-likeness (QED) is 0.803. The van der Waals surface area contributed by atoms with Gasteiger partial charge in [0.15, 0.2) is 0 Å². The largest absolute Gasteiger partial charge is 0.377 e. The van der Waals surface area contributed by atoms with Crippen molar-refractivity contribution in [3.63, 3.8) is 0 Å². The third-order valence-electron chi connectivity index (χ3n) is 3.00. The van der Waals surface area contributed by atoms with E-state index < -0.39 is 0 Å². The van der Waals surface area contributed by atoms with Crippen molar-refractivity contribution in [1.82, 2.24) is 25.1 Å². The summed E-state index contributed by atoms with van der Waals surface area (Å²) in [6.07, 6.45) is 8.92. The van der Waals surface area contributed by atoms with Gasteiger partial charge in [-0.2, -0.15) is 5.10 Å². The molecule has 2 N–H and O–H groups in total. The SMILES string of the molecule is O=C(Cn1cc(NCc2ccncn2)cn1)NC1CC1. The number of rotatable bonds is 6. The number of carbonyl (C=O) groups is 1. The lowest BCUT2D eigenvalue weighted by atomic mass is 10.4. The van der Waals surface area contributed by atoms with Crippen LogP contribution in [0.25, 0.3) is 0 Å². The summed E-state index contributed by atoms with van der Waals surface area (Å²) in [4.78, 5) is 19.6. The van der Waals surface area contributed by atoms with Crippen LogP contribution < -0.4 is 10.6 Å². The second-order valence-corrected chi connectivity index (χ2v) is 4.82. The van der Waals surface area contributed by atoms with E-state index in [-0.39, 0.29) is 12.5 Å². The number of hydrogen-bond acceptors (Lipinski definition) is 5. The summed E-state index contributed by atoms with van der Waals surface area (Å²) in [5.41, 5.74) is 1.77. The fourth-order valence-electron chi connectivity index (χ4n) is 1.80. The molecule has 0 saturated heterocycles. The first-order chi connectivity index (χ1) is 9.79. The van der Waals surface area contributed by atoms with Gasteiger partial charge in [0, 0.05) is 18.4 Å². The number of carbonyl (C=O) groups excluding carboxylic acids is 1. The molecule has 2 aromatic rings. The predicted octanol–water partition coefficient (Wildman–Crippen LogP) is 0.564. The van der Waals surface area contributed by atoms with Gasteiger partial charge in [0.1, 0.15) is 12.9 Å². The van der Waals surface area contributed by atoms with Gasteiger partial charge in [0.05, 0.1) is 24.1 Å². The molecule has 7 nitrogen and oxygen atoms in total. The second kappa shape index (κ2) is 5.68. The van der Waals surface area contributed by atoms with E-state index in [1.807, 2.05) is 12.3 Å². The summed E-state index contributed by atoms with van der Waals surface area (Å²) < 4.78 is 1.63. The minimum atomic E-state index is 0.0120. The van der Waals surface area contributed by atoms with Crippen LogP contribution in [0.4, 0.5) is 5.69 Å². The Bertz CT molecular complexity index is 578. The van der Waals surface area contributed by atoms with Crippen molar-refractivity contribution in [2.24, 2.45) is 0 Å². The summed E-state index contributed by atoms with van der Waals surface area (Å²) in [6, 6.07) is 2.23. The molecule has 0 atom stereocenters. The van der Waals surface area contributed by atoms with Crippen molar-refractivity contribution in [2.75, 3.05) is 5.32 Å². The van der Waals surface area contributed by atoms with Gasteiger partial charge in [-0.15, -0.1) is 0 Å². The summed E-state index contributed by atoms with van der Waals surface area (Å²) in [6.45, 7) is 0.855. The number of anilines is 1. The normalized spacial score (nSPS) is 14.0. The fraction of sp³-hybridized carbons (Fsp3) is 0.385. The van der Waals surface area contributed by atoms with Gasteiger partial charge >= 0.3 is 0 Å². The van der Waals surface area contributed by atoms with Crippen molar-refractivity contribution in [3.05, 3.63) is 36.7 Å². The third-order valence-corrected chi connectivity index (χ3v) is 3.00. The second-order valence-electron chi connectivity index (χ2n) is 4.82. The van der Waals surface area contributed by atoms with Crippen LogP contribution in [0.5, 0.6) is 0 Å². The predicted molar refractivity (Wildman–Crippen MR) is 72.8 cm³/mol. The van der Waals surface area contributed by atoms with Gasteiger partial charge in [0.2, 0.25) is 5.91 Å². The lowest BCUT2D eigenvalue weighted by Crippen LogP contribution is -2.29. The van der Waals surface area contributed by atoms with E-state index in [1.165, 1.54) is 6.33 Å². The molecule has 20 heavy (non-hydrogen) atoms. The van der Waals surface area contributed by atoms with Crippen LogP contribution in [0.2, 0.25) is 0 Å². The molecular weight excluding hydrogens is 256 g/mol. The van der Waals surface area contributed by atoms with Gasteiger partial charge in [-0.1, -0.05) is 0 Å². The first-order valence-corrected chi connectivity index (χ1v) is 6.60. The molecular formula is C13H16N6O. The monoisotopic (exact) mass is 272 g/mol. The fourth-order valence-corrected chi connectivity index (χ4v) is 1.80. The molecule has 2 heterocycles. The zero-order chi connectivity index (χ0) is 13.8. The average molecular weight is 272 g/mol. The summed E-state index contributed by atoms with van der Waals surface area (Å²) in [7, 11) is 0. The van der Waals surface area contributed by atoms with Crippen LogP contribution >= 0.6 is 0 Å². The van der Waals surface area contributed by atoms with Crippen LogP contribution in [-0.4, -0.2) is 31.7 Å². The molecule has 1 saturated carbocycles. The highest BCUT2D eigenvalue weighted by Gasteiger charge is 2.23.